The first kappa shape index (κ1) is 12.9. The molecule has 13 heavy (non-hydrogen) atoms. The molecule has 0 aromatic heterocycles. The van der Waals surface area contributed by atoms with Crippen LogP contribution in [0.4, 0.5) is 0 Å². The molecule has 0 aliphatic carbocycles. The van der Waals surface area contributed by atoms with E-state index in [1.807, 2.05) is 0 Å². The molecular weight excluding hydrogens is 160 g/mol. The smallest absolute Gasteiger partial charge is 0.0107 e. The van der Waals surface area contributed by atoms with Gasteiger partial charge in [0.25, 0.3) is 0 Å². The van der Waals surface area contributed by atoms with Crippen LogP contribution in [-0.4, -0.2) is 30.1 Å². The summed E-state index contributed by atoms with van der Waals surface area (Å²) in [5, 5.41) is 0. The predicted molar refractivity (Wildman–Crippen MR) is 59.8 cm³/mol. The van der Waals surface area contributed by atoms with Gasteiger partial charge in [-0.2, -0.15) is 0 Å². The van der Waals surface area contributed by atoms with Gasteiger partial charge in [0, 0.05) is 12.1 Å². The van der Waals surface area contributed by atoms with Crippen molar-refractivity contribution >= 4 is 0 Å². The Labute approximate surface area is 83.5 Å². The zero-order valence-corrected chi connectivity index (χ0v) is 9.88. The van der Waals surface area contributed by atoms with Crippen molar-refractivity contribution in [2.75, 3.05) is 13.1 Å². The van der Waals surface area contributed by atoms with Crippen LogP contribution in [0.3, 0.4) is 0 Å². The van der Waals surface area contributed by atoms with Crippen molar-refractivity contribution in [3.05, 3.63) is 0 Å². The summed E-state index contributed by atoms with van der Waals surface area (Å²) in [7, 11) is 0. The molecule has 0 spiro atoms. The lowest BCUT2D eigenvalue weighted by molar-refractivity contribution is 0.127. The molecule has 2 unspecified atom stereocenters. The predicted octanol–water partition coefficient (Wildman–Crippen LogP) is 2.09. The lowest BCUT2D eigenvalue weighted by Crippen LogP contribution is -2.44. The average Bonchev–Trinajstić information content (AvgIpc) is 2.11. The standard InChI is InChI=1S/C11H26N2/c1-6-7-13(9(2)3)11(5)10(4)8-12/h9-11H,6-8,12H2,1-5H3. The van der Waals surface area contributed by atoms with Crippen molar-refractivity contribution in [2.24, 2.45) is 11.7 Å². The number of nitrogens with zero attached hydrogens (tertiary/aromatic N) is 1. The number of rotatable bonds is 6. The van der Waals surface area contributed by atoms with Gasteiger partial charge in [0.15, 0.2) is 0 Å². The first-order chi connectivity index (χ1) is 6.04. The molecule has 2 N–H and O–H groups in total. The van der Waals surface area contributed by atoms with Crippen LogP contribution in [0.2, 0.25) is 0 Å². The summed E-state index contributed by atoms with van der Waals surface area (Å²) >= 11 is 0. The first-order valence-electron chi connectivity index (χ1n) is 5.50. The van der Waals surface area contributed by atoms with Crippen molar-refractivity contribution in [3.63, 3.8) is 0 Å². The summed E-state index contributed by atoms with van der Waals surface area (Å²) < 4.78 is 0. The summed E-state index contributed by atoms with van der Waals surface area (Å²) in [6, 6.07) is 1.23. The second-order valence-corrected chi connectivity index (χ2v) is 4.29. The minimum atomic E-state index is 0.592. The van der Waals surface area contributed by atoms with Gasteiger partial charge in [-0.1, -0.05) is 13.8 Å². The number of hydrogen-bond donors (Lipinski definition) is 1. The van der Waals surface area contributed by atoms with Crippen LogP contribution in [-0.2, 0) is 0 Å². The molecule has 0 aliphatic rings. The molecule has 2 nitrogen and oxygen atoms in total. The highest BCUT2D eigenvalue weighted by molar-refractivity contribution is 4.75. The highest BCUT2D eigenvalue weighted by Gasteiger charge is 2.20. The Kier molecular flexibility index (Phi) is 6.35. The van der Waals surface area contributed by atoms with E-state index in [4.69, 9.17) is 5.73 Å². The third-order valence-electron chi connectivity index (χ3n) is 2.86. The topological polar surface area (TPSA) is 29.3 Å². The van der Waals surface area contributed by atoms with Gasteiger partial charge in [0.1, 0.15) is 0 Å². The molecule has 0 saturated heterocycles. The molecule has 0 radical (unpaired) electrons. The normalized spacial score (nSPS) is 16.6. The minimum absolute atomic E-state index is 0.592. The van der Waals surface area contributed by atoms with Gasteiger partial charge in [-0.3, -0.25) is 4.90 Å². The van der Waals surface area contributed by atoms with E-state index in [1.54, 1.807) is 0 Å². The zero-order chi connectivity index (χ0) is 10.4. The van der Waals surface area contributed by atoms with Crippen LogP contribution in [0, 0.1) is 5.92 Å². The molecule has 80 valence electrons. The van der Waals surface area contributed by atoms with E-state index < -0.39 is 0 Å². The fourth-order valence-corrected chi connectivity index (χ4v) is 1.71. The van der Waals surface area contributed by atoms with Gasteiger partial charge >= 0.3 is 0 Å². The quantitative estimate of drug-likeness (QED) is 0.688. The SMILES string of the molecule is CCCN(C(C)C)C(C)C(C)CN. The maximum atomic E-state index is 5.68. The van der Waals surface area contributed by atoms with E-state index in [1.165, 1.54) is 13.0 Å². The van der Waals surface area contributed by atoms with Crippen LogP contribution in [0.5, 0.6) is 0 Å². The molecule has 0 saturated carbocycles. The van der Waals surface area contributed by atoms with E-state index in [9.17, 15) is 0 Å². The highest BCUT2D eigenvalue weighted by atomic mass is 15.2. The van der Waals surface area contributed by atoms with Gasteiger partial charge in [-0.15, -0.1) is 0 Å². The molecule has 2 heteroatoms. The Bertz CT molecular complexity index is 123. The van der Waals surface area contributed by atoms with Crippen LogP contribution >= 0.6 is 0 Å². The number of hydrogen-bond acceptors (Lipinski definition) is 2. The van der Waals surface area contributed by atoms with E-state index in [-0.39, 0.29) is 0 Å². The van der Waals surface area contributed by atoms with Crippen LogP contribution in [0.1, 0.15) is 41.0 Å². The minimum Gasteiger partial charge on any atom is -0.330 e. The van der Waals surface area contributed by atoms with E-state index in [0.29, 0.717) is 18.0 Å². The third kappa shape index (κ3) is 4.10. The fraction of sp³-hybridized carbons (Fsp3) is 1.00. The van der Waals surface area contributed by atoms with Crippen LogP contribution < -0.4 is 5.73 Å². The Balaban J connectivity index is 4.18. The van der Waals surface area contributed by atoms with Gasteiger partial charge in [-0.05, 0) is 46.2 Å². The Hall–Kier alpha value is -0.0800. The molecule has 0 fully saturated rings. The lowest BCUT2D eigenvalue weighted by atomic mass is 10.0. The van der Waals surface area contributed by atoms with Crippen molar-refractivity contribution < 1.29 is 0 Å². The lowest BCUT2D eigenvalue weighted by Gasteiger charge is -2.35. The molecule has 0 aromatic carbocycles. The van der Waals surface area contributed by atoms with E-state index in [0.717, 1.165) is 6.54 Å². The maximum Gasteiger partial charge on any atom is 0.0107 e. The van der Waals surface area contributed by atoms with Crippen molar-refractivity contribution in [1.82, 2.24) is 4.90 Å². The highest BCUT2D eigenvalue weighted by Crippen LogP contribution is 2.13. The van der Waals surface area contributed by atoms with E-state index in [2.05, 4.69) is 39.5 Å². The van der Waals surface area contributed by atoms with Gasteiger partial charge in [0.2, 0.25) is 0 Å². The molecular formula is C11H26N2. The zero-order valence-electron chi connectivity index (χ0n) is 9.88. The van der Waals surface area contributed by atoms with E-state index >= 15 is 0 Å². The van der Waals surface area contributed by atoms with Crippen molar-refractivity contribution in [3.8, 4) is 0 Å². The second-order valence-electron chi connectivity index (χ2n) is 4.29. The van der Waals surface area contributed by atoms with Crippen molar-refractivity contribution in [1.29, 1.82) is 0 Å². The maximum absolute atomic E-state index is 5.68. The monoisotopic (exact) mass is 186 g/mol. The molecule has 2 atom stereocenters. The van der Waals surface area contributed by atoms with Crippen LogP contribution in [0.15, 0.2) is 0 Å². The van der Waals surface area contributed by atoms with Gasteiger partial charge < -0.3 is 5.73 Å². The Morgan fingerprint density at radius 1 is 1.15 bits per heavy atom. The molecule has 0 heterocycles. The molecule has 0 bridgehead atoms. The first-order valence-corrected chi connectivity index (χ1v) is 5.50. The van der Waals surface area contributed by atoms with Gasteiger partial charge in [0.05, 0.1) is 0 Å². The molecule has 0 amide bonds. The summed E-state index contributed by atoms with van der Waals surface area (Å²) in [6.07, 6.45) is 1.22. The Morgan fingerprint density at radius 3 is 2.00 bits per heavy atom. The fourth-order valence-electron chi connectivity index (χ4n) is 1.71. The molecule has 0 aliphatic heterocycles. The van der Waals surface area contributed by atoms with Crippen LogP contribution in [0.25, 0.3) is 0 Å². The summed E-state index contributed by atoms with van der Waals surface area (Å²) in [5.41, 5.74) is 5.68. The number of nitrogens with two attached hydrogens (primary N) is 1. The largest absolute Gasteiger partial charge is 0.330 e. The summed E-state index contributed by atoms with van der Waals surface area (Å²) in [6.45, 7) is 13.2. The Morgan fingerprint density at radius 2 is 1.69 bits per heavy atom. The third-order valence-corrected chi connectivity index (χ3v) is 2.86. The summed E-state index contributed by atoms with van der Waals surface area (Å²) in [5.74, 6) is 0.592. The summed E-state index contributed by atoms with van der Waals surface area (Å²) in [4.78, 5) is 2.54. The van der Waals surface area contributed by atoms with Crippen molar-refractivity contribution in [2.45, 2.75) is 53.1 Å². The second kappa shape index (κ2) is 6.39. The average molecular weight is 186 g/mol. The van der Waals surface area contributed by atoms with Gasteiger partial charge in [-0.25, -0.2) is 0 Å². The molecule has 0 aromatic rings. The molecule has 0 rings (SSSR count).